The Morgan fingerprint density at radius 2 is 2.04 bits per heavy atom. The SMILES string of the molecule is Cc1cc(N/N=C/c2ccc(N3CCOCC3)s2)nc2ccccc12. The van der Waals surface area contributed by atoms with Gasteiger partial charge in [-0.25, -0.2) is 4.98 Å². The molecule has 0 amide bonds. The normalized spacial score (nSPS) is 15.2. The molecule has 0 unspecified atom stereocenters. The van der Waals surface area contributed by atoms with Gasteiger partial charge < -0.3 is 9.64 Å². The molecule has 1 N–H and O–H groups in total. The van der Waals surface area contributed by atoms with E-state index >= 15 is 0 Å². The number of pyridine rings is 1. The van der Waals surface area contributed by atoms with Crippen LogP contribution >= 0.6 is 11.3 Å². The number of thiophene rings is 1. The van der Waals surface area contributed by atoms with Gasteiger partial charge in [-0.1, -0.05) is 18.2 Å². The number of fused-ring (bicyclic) bond motifs is 1. The summed E-state index contributed by atoms with van der Waals surface area (Å²) in [5.74, 6) is 0.761. The van der Waals surface area contributed by atoms with Crippen LogP contribution in [0.25, 0.3) is 10.9 Å². The molecule has 1 saturated heterocycles. The van der Waals surface area contributed by atoms with E-state index in [2.05, 4.69) is 45.5 Å². The first-order valence-electron chi connectivity index (χ1n) is 8.37. The second-order valence-corrected chi connectivity index (χ2v) is 7.08. The number of para-hydroxylation sites is 1. The Labute approximate surface area is 151 Å². The highest BCUT2D eigenvalue weighted by molar-refractivity contribution is 7.17. The number of hydrogen-bond donors (Lipinski definition) is 1. The lowest BCUT2D eigenvalue weighted by atomic mass is 10.1. The third-order valence-corrected chi connectivity index (χ3v) is 5.31. The van der Waals surface area contributed by atoms with E-state index in [1.807, 2.05) is 30.5 Å². The molecule has 0 aliphatic carbocycles. The molecule has 25 heavy (non-hydrogen) atoms. The van der Waals surface area contributed by atoms with Crippen LogP contribution in [0.15, 0.2) is 47.6 Å². The van der Waals surface area contributed by atoms with Gasteiger partial charge in [0.2, 0.25) is 0 Å². The monoisotopic (exact) mass is 352 g/mol. The first-order chi connectivity index (χ1) is 12.3. The number of nitrogens with zero attached hydrogens (tertiary/aromatic N) is 3. The summed E-state index contributed by atoms with van der Waals surface area (Å²) < 4.78 is 5.40. The van der Waals surface area contributed by atoms with Gasteiger partial charge in [0.15, 0.2) is 0 Å². The van der Waals surface area contributed by atoms with Gasteiger partial charge in [0, 0.05) is 23.4 Å². The van der Waals surface area contributed by atoms with Crippen LogP contribution in [0.2, 0.25) is 0 Å². The van der Waals surface area contributed by atoms with Crippen molar-refractivity contribution >= 4 is 39.3 Å². The Hall–Kier alpha value is -2.44. The van der Waals surface area contributed by atoms with E-state index in [0.717, 1.165) is 42.5 Å². The predicted octanol–water partition coefficient (Wildman–Crippen LogP) is 3.89. The fraction of sp³-hybridized carbons (Fsp3) is 0.263. The number of aromatic nitrogens is 1. The summed E-state index contributed by atoms with van der Waals surface area (Å²) in [6, 6.07) is 14.4. The molecule has 128 valence electrons. The zero-order chi connectivity index (χ0) is 17.1. The van der Waals surface area contributed by atoms with Gasteiger partial charge in [-0.2, -0.15) is 5.10 Å². The van der Waals surface area contributed by atoms with Crippen LogP contribution in [0.5, 0.6) is 0 Å². The van der Waals surface area contributed by atoms with E-state index in [0.29, 0.717) is 0 Å². The number of hydrazone groups is 1. The summed E-state index contributed by atoms with van der Waals surface area (Å²) >= 11 is 1.74. The van der Waals surface area contributed by atoms with E-state index in [1.165, 1.54) is 16.0 Å². The van der Waals surface area contributed by atoms with Gasteiger partial charge in [0.1, 0.15) is 5.82 Å². The maximum absolute atomic E-state index is 5.40. The van der Waals surface area contributed by atoms with Crippen molar-refractivity contribution in [2.24, 2.45) is 5.10 Å². The highest BCUT2D eigenvalue weighted by Crippen LogP contribution is 2.26. The molecule has 4 rings (SSSR count). The number of morpholine rings is 1. The third-order valence-electron chi connectivity index (χ3n) is 4.23. The molecule has 1 aromatic carbocycles. The fourth-order valence-electron chi connectivity index (χ4n) is 2.93. The van der Waals surface area contributed by atoms with Crippen molar-refractivity contribution in [3.63, 3.8) is 0 Å². The topological polar surface area (TPSA) is 49.8 Å². The standard InChI is InChI=1S/C19H20N4OS/c1-14-12-18(21-17-5-3-2-4-16(14)17)22-20-13-15-6-7-19(25-15)23-8-10-24-11-9-23/h2-7,12-13H,8-11H2,1H3,(H,21,22)/b20-13+. The van der Waals surface area contributed by atoms with Crippen molar-refractivity contribution in [2.75, 3.05) is 36.6 Å². The summed E-state index contributed by atoms with van der Waals surface area (Å²) in [5, 5.41) is 6.79. The number of ether oxygens (including phenoxy) is 1. The molecular weight excluding hydrogens is 332 g/mol. The van der Waals surface area contributed by atoms with E-state index in [9.17, 15) is 0 Å². The van der Waals surface area contributed by atoms with Gasteiger partial charge in [0.05, 0.1) is 29.9 Å². The number of rotatable bonds is 4. The molecule has 0 radical (unpaired) electrons. The largest absolute Gasteiger partial charge is 0.378 e. The van der Waals surface area contributed by atoms with E-state index < -0.39 is 0 Å². The quantitative estimate of drug-likeness (QED) is 0.572. The van der Waals surface area contributed by atoms with Crippen molar-refractivity contribution in [1.29, 1.82) is 0 Å². The molecule has 6 heteroatoms. The molecule has 1 fully saturated rings. The van der Waals surface area contributed by atoms with Gasteiger partial charge >= 0.3 is 0 Å². The summed E-state index contributed by atoms with van der Waals surface area (Å²) in [7, 11) is 0. The molecule has 0 spiro atoms. The van der Waals surface area contributed by atoms with Crippen molar-refractivity contribution in [2.45, 2.75) is 6.92 Å². The fourth-order valence-corrected chi connectivity index (χ4v) is 3.86. The molecule has 1 aliphatic rings. The Morgan fingerprint density at radius 3 is 2.92 bits per heavy atom. The zero-order valence-corrected chi connectivity index (χ0v) is 14.9. The molecule has 3 aromatic rings. The van der Waals surface area contributed by atoms with E-state index in [-0.39, 0.29) is 0 Å². The molecule has 2 aromatic heterocycles. The predicted molar refractivity (Wildman–Crippen MR) is 105 cm³/mol. The average Bonchev–Trinajstić information content (AvgIpc) is 3.12. The summed E-state index contributed by atoms with van der Waals surface area (Å²) in [6.45, 7) is 5.60. The van der Waals surface area contributed by atoms with Crippen LogP contribution < -0.4 is 10.3 Å². The molecule has 1 aliphatic heterocycles. The van der Waals surface area contributed by atoms with Gasteiger partial charge in [-0.3, -0.25) is 5.43 Å². The van der Waals surface area contributed by atoms with Crippen molar-refractivity contribution < 1.29 is 4.74 Å². The smallest absolute Gasteiger partial charge is 0.147 e. The van der Waals surface area contributed by atoms with Crippen LogP contribution in [0, 0.1) is 6.92 Å². The maximum Gasteiger partial charge on any atom is 0.147 e. The second-order valence-electron chi connectivity index (χ2n) is 5.99. The van der Waals surface area contributed by atoms with Crippen molar-refractivity contribution in [1.82, 2.24) is 4.98 Å². The molecular formula is C19H20N4OS. The van der Waals surface area contributed by atoms with Crippen molar-refractivity contribution in [3.05, 3.63) is 52.9 Å². The minimum absolute atomic E-state index is 0.761. The lowest BCUT2D eigenvalue weighted by molar-refractivity contribution is 0.123. The molecule has 0 atom stereocenters. The lowest BCUT2D eigenvalue weighted by Gasteiger charge is -2.27. The number of hydrogen-bond acceptors (Lipinski definition) is 6. The van der Waals surface area contributed by atoms with Crippen LogP contribution in [-0.2, 0) is 4.74 Å². The highest BCUT2D eigenvalue weighted by Gasteiger charge is 2.12. The average molecular weight is 352 g/mol. The summed E-state index contributed by atoms with van der Waals surface area (Å²) in [6.07, 6.45) is 1.85. The second kappa shape index (κ2) is 7.21. The molecule has 0 saturated carbocycles. The first kappa shape index (κ1) is 16.1. The van der Waals surface area contributed by atoms with Crippen LogP contribution in [0.1, 0.15) is 10.4 Å². The minimum Gasteiger partial charge on any atom is -0.378 e. The number of aryl methyl sites for hydroxylation is 1. The Bertz CT molecular complexity index is 899. The van der Waals surface area contributed by atoms with E-state index in [4.69, 9.17) is 4.74 Å². The molecule has 0 bridgehead atoms. The summed E-state index contributed by atoms with van der Waals surface area (Å²) in [5.41, 5.74) is 5.21. The van der Waals surface area contributed by atoms with Crippen LogP contribution in [0.3, 0.4) is 0 Å². The van der Waals surface area contributed by atoms with Gasteiger partial charge in [0.25, 0.3) is 0 Å². The Morgan fingerprint density at radius 1 is 1.20 bits per heavy atom. The molecule has 5 nitrogen and oxygen atoms in total. The lowest BCUT2D eigenvalue weighted by Crippen LogP contribution is -2.35. The Balaban J connectivity index is 1.45. The Kier molecular flexibility index (Phi) is 4.63. The van der Waals surface area contributed by atoms with Crippen LogP contribution in [0.4, 0.5) is 10.8 Å². The van der Waals surface area contributed by atoms with Gasteiger partial charge in [-0.05, 0) is 36.8 Å². The van der Waals surface area contributed by atoms with Crippen molar-refractivity contribution in [3.8, 4) is 0 Å². The number of nitrogens with one attached hydrogen (secondary N) is 1. The maximum atomic E-state index is 5.40. The highest BCUT2D eigenvalue weighted by atomic mass is 32.1. The van der Waals surface area contributed by atoms with Gasteiger partial charge in [-0.15, -0.1) is 11.3 Å². The number of anilines is 2. The first-order valence-corrected chi connectivity index (χ1v) is 9.19. The zero-order valence-electron chi connectivity index (χ0n) is 14.1. The third kappa shape index (κ3) is 3.65. The molecule has 3 heterocycles. The summed E-state index contributed by atoms with van der Waals surface area (Å²) in [4.78, 5) is 8.07. The van der Waals surface area contributed by atoms with Crippen LogP contribution in [-0.4, -0.2) is 37.5 Å². The minimum atomic E-state index is 0.761. The number of benzene rings is 1. The van der Waals surface area contributed by atoms with E-state index in [1.54, 1.807) is 11.3 Å².